The van der Waals surface area contributed by atoms with E-state index in [0.717, 1.165) is 5.56 Å². The van der Waals surface area contributed by atoms with Gasteiger partial charge in [0.05, 0.1) is 0 Å². The van der Waals surface area contributed by atoms with E-state index in [1.54, 1.807) is 6.92 Å². The van der Waals surface area contributed by atoms with Gasteiger partial charge in [0.1, 0.15) is 5.41 Å². The van der Waals surface area contributed by atoms with Crippen LogP contribution in [0, 0.1) is 0 Å². The normalized spacial score (nSPS) is 14.9. The van der Waals surface area contributed by atoms with Gasteiger partial charge < -0.3 is 10.0 Å². The third kappa shape index (κ3) is 2.57. The summed E-state index contributed by atoms with van der Waals surface area (Å²) in [7, 11) is 3.76. The molecule has 0 fully saturated rings. The zero-order valence-electron chi connectivity index (χ0n) is 9.40. The van der Waals surface area contributed by atoms with Crippen molar-refractivity contribution in [1.82, 2.24) is 4.90 Å². The largest absolute Gasteiger partial charge is 0.481 e. The van der Waals surface area contributed by atoms with Crippen molar-refractivity contribution in [2.75, 3.05) is 20.6 Å². The SMILES string of the molecule is CN(C)CC(C)(C(=O)O)c1ccccc1. The molecule has 0 heterocycles. The second-order valence-electron chi connectivity index (χ2n) is 4.24. The average Bonchev–Trinajstić information content (AvgIpc) is 2.17. The lowest BCUT2D eigenvalue weighted by molar-refractivity contribution is -0.143. The Balaban J connectivity index is 3.07. The van der Waals surface area contributed by atoms with Gasteiger partial charge in [-0.05, 0) is 26.6 Å². The first kappa shape index (κ1) is 11.7. The second kappa shape index (κ2) is 4.45. The number of hydrogen-bond donors (Lipinski definition) is 1. The molecule has 0 saturated heterocycles. The van der Waals surface area contributed by atoms with Gasteiger partial charge in [0.15, 0.2) is 0 Å². The molecule has 0 amide bonds. The van der Waals surface area contributed by atoms with Crippen molar-refractivity contribution >= 4 is 5.97 Å². The van der Waals surface area contributed by atoms with Crippen LogP contribution in [0.5, 0.6) is 0 Å². The molecule has 15 heavy (non-hydrogen) atoms. The van der Waals surface area contributed by atoms with E-state index in [2.05, 4.69) is 0 Å². The maximum Gasteiger partial charge on any atom is 0.315 e. The van der Waals surface area contributed by atoms with Crippen LogP contribution < -0.4 is 0 Å². The smallest absolute Gasteiger partial charge is 0.315 e. The van der Waals surface area contributed by atoms with Crippen molar-refractivity contribution in [2.24, 2.45) is 0 Å². The third-order valence-electron chi connectivity index (χ3n) is 2.52. The zero-order valence-corrected chi connectivity index (χ0v) is 9.40. The molecule has 3 nitrogen and oxygen atoms in total. The second-order valence-corrected chi connectivity index (χ2v) is 4.24. The van der Waals surface area contributed by atoms with Gasteiger partial charge in [-0.2, -0.15) is 0 Å². The van der Waals surface area contributed by atoms with Gasteiger partial charge in [0.25, 0.3) is 0 Å². The molecule has 0 saturated carbocycles. The maximum atomic E-state index is 11.3. The molecule has 1 atom stereocenters. The highest BCUT2D eigenvalue weighted by Gasteiger charge is 2.35. The van der Waals surface area contributed by atoms with Gasteiger partial charge in [0.2, 0.25) is 0 Å². The summed E-state index contributed by atoms with van der Waals surface area (Å²) >= 11 is 0. The van der Waals surface area contributed by atoms with Gasteiger partial charge >= 0.3 is 5.97 Å². The van der Waals surface area contributed by atoms with Crippen molar-refractivity contribution in [1.29, 1.82) is 0 Å². The first-order valence-corrected chi connectivity index (χ1v) is 4.90. The molecule has 0 aromatic heterocycles. The molecule has 1 unspecified atom stereocenters. The molecule has 1 rings (SSSR count). The minimum atomic E-state index is -0.842. The molecular formula is C12H17NO2. The predicted octanol–water partition coefficient (Wildman–Crippen LogP) is 1.59. The number of rotatable bonds is 4. The Morgan fingerprint density at radius 1 is 1.33 bits per heavy atom. The van der Waals surface area contributed by atoms with E-state index in [1.807, 2.05) is 49.3 Å². The molecule has 0 aliphatic heterocycles. The first-order valence-electron chi connectivity index (χ1n) is 4.90. The molecular weight excluding hydrogens is 190 g/mol. The highest BCUT2D eigenvalue weighted by atomic mass is 16.4. The number of carboxylic acid groups (broad SMARTS) is 1. The first-order chi connectivity index (χ1) is 6.97. The number of carbonyl (C=O) groups is 1. The fourth-order valence-corrected chi connectivity index (χ4v) is 1.72. The molecule has 1 N–H and O–H groups in total. The standard InChI is InChI=1S/C12H17NO2/c1-12(11(14)15,9-13(2)3)10-7-5-4-6-8-10/h4-8H,9H2,1-3H3,(H,14,15). The van der Waals surface area contributed by atoms with Crippen LogP contribution in [0.4, 0.5) is 0 Å². The lowest BCUT2D eigenvalue weighted by atomic mass is 9.82. The van der Waals surface area contributed by atoms with Gasteiger partial charge in [-0.1, -0.05) is 30.3 Å². The summed E-state index contributed by atoms with van der Waals surface area (Å²) < 4.78 is 0. The monoisotopic (exact) mass is 207 g/mol. The molecule has 82 valence electrons. The van der Waals surface area contributed by atoms with Crippen LogP contribution in [0.15, 0.2) is 30.3 Å². The number of hydrogen-bond acceptors (Lipinski definition) is 2. The minimum Gasteiger partial charge on any atom is -0.481 e. The fourth-order valence-electron chi connectivity index (χ4n) is 1.72. The molecule has 0 bridgehead atoms. The lowest BCUT2D eigenvalue weighted by Crippen LogP contribution is -2.41. The number of benzene rings is 1. The molecule has 0 aliphatic carbocycles. The molecule has 0 radical (unpaired) electrons. The van der Waals surface area contributed by atoms with E-state index < -0.39 is 11.4 Å². The van der Waals surface area contributed by atoms with E-state index in [-0.39, 0.29) is 0 Å². The minimum absolute atomic E-state index is 0.492. The Bertz CT molecular complexity index is 335. The quantitative estimate of drug-likeness (QED) is 0.815. The zero-order chi connectivity index (χ0) is 11.5. The van der Waals surface area contributed by atoms with E-state index in [4.69, 9.17) is 0 Å². The summed E-state index contributed by atoms with van der Waals surface area (Å²) in [6, 6.07) is 9.34. The molecule has 0 spiro atoms. The number of nitrogens with zero attached hydrogens (tertiary/aromatic N) is 1. The Morgan fingerprint density at radius 3 is 2.27 bits per heavy atom. The van der Waals surface area contributed by atoms with Crippen LogP contribution in [0.3, 0.4) is 0 Å². The van der Waals surface area contributed by atoms with Crippen molar-refractivity contribution in [3.05, 3.63) is 35.9 Å². The van der Waals surface area contributed by atoms with Crippen LogP contribution in [0.2, 0.25) is 0 Å². The van der Waals surface area contributed by atoms with Crippen LogP contribution in [0.25, 0.3) is 0 Å². The lowest BCUT2D eigenvalue weighted by Gasteiger charge is -2.28. The topological polar surface area (TPSA) is 40.5 Å². The highest BCUT2D eigenvalue weighted by Crippen LogP contribution is 2.24. The third-order valence-corrected chi connectivity index (χ3v) is 2.52. The Morgan fingerprint density at radius 2 is 1.87 bits per heavy atom. The Hall–Kier alpha value is -1.35. The Kier molecular flexibility index (Phi) is 3.48. The van der Waals surface area contributed by atoms with Crippen LogP contribution in [-0.4, -0.2) is 36.6 Å². The van der Waals surface area contributed by atoms with Crippen molar-refractivity contribution in [2.45, 2.75) is 12.3 Å². The summed E-state index contributed by atoms with van der Waals surface area (Å²) in [5, 5.41) is 9.31. The predicted molar refractivity (Wildman–Crippen MR) is 60.0 cm³/mol. The average molecular weight is 207 g/mol. The fraction of sp³-hybridized carbons (Fsp3) is 0.417. The summed E-state index contributed by atoms with van der Waals surface area (Å²) in [4.78, 5) is 13.2. The van der Waals surface area contributed by atoms with E-state index in [9.17, 15) is 9.90 Å². The molecule has 3 heteroatoms. The van der Waals surface area contributed by atoms with Crippen molar-refractivity contribution in [3.63, 3.8) is 0 Å². The van der Waals surface area contributed by atoms with Gasteiger partial charge in [-0.25, -0.2) is 0 Å². The maximum absolute atomic E-state index is 11.3. The summed E-state index contributed by atoms with van der Waals surface area (Å²) in [6.45, 7) is 2.25. The van der Waals surface area contributed by atoms with Crippen molar-refractivity contribution < 1.29 is 9.90 Å². The molecule has 1 aromatic rings. The number of carboxylic acids is 1. The molecule has 1 aromatic carbocycles. The molecule has 0 aliphatic rings. The van der Waals surface area contributed by atoms with Crippen LogP contribution in [-0.2, 0) is 10.2 Å². The van der Waals surface area contributed by atoms with E-state index in [1.165, 1.54) is 0 Å². The van der Waals surface area contributed by atoms with Crippen LogP contribution in [0.1, 0.15) is 12.5 Å². The number of aliphatic carboxylic acids is 1. The Labute approximate surface area is 90.3 Å². The van der Waals surface area contributed by atoms with Gasteiger partial charge in [-0.15, -0.1) is 0 Å². The van der Waals surface area contributed by atoms with E-state index >= 15 is 0 Å². The van der Waals surface area contributed by atoms with Crippen LogP contribution >= 0.6 is 0 Å². The summed E-state index contributed by atoms with van der Waals surface area (Å²) in [5.74, 6) is -0.789. The van der Waals surface area contributed by atoms with Crippen molar-refractivity contribution in [3.8, 4) is 0 Å². The van der Waals surface area contributed by atoms with Gasteiger partial charge in [0, 0.05) is 6.54 Å². The highest BCUT2D eigenvalue weighted by molar-refractivity contribution is 5.81. The summed E-state index contributed by atoms with van der Waals surface area (Å²) in [6.07, 6.45) is 0. The number of likely N-dealkylation sites (N-methyl/N-ethyl adjacent to an activating group) is 1. The summed E-state index contributed by atoms with van der Waals surface area (Å²) in [5.41, 5.74) is -0.00343. The van der Waals surface area contributed by atoms with E-state index in [0.29, 0.717) is 6.54 Å². The van der Waals surface area contributed by atoms with Gasteiger partial charge in [-0.3, -0.25) is 4.79 Å².